The van der Waals surface area contributed by atoms with E-state index in [1.54, 1.807) is 30.0 Å². The Labute approximate surface area is 142 Å². The number of carbonyl (C=O) groups is 2. The SMILES string of the molecule is CCOCCCN(CC(C)C(=O)O)C(=O)c1ccc(C)c(Cl)c1. The molecule has 0 fully saturated rings. The molecule has 0 heterocycles. The van der Waals surface area contributed by atoms with Gasteiger partial charge in [0.1, 0.15) is 0 Å². The van der Waals surface area contributed by atoms with Crippen LogP contribution in [0.4, 0.5) is 0 Å². The molecule has 1 unspecified atom stereocenters. The lowest BCUT2D eigenvalue weighted by Crippen LogP contribution is -2.38. The molecule has 0 bridgehead atoms. The minimum absolute atomic E-state index is 0.159. The highest BCUT2D eigenvalue weighted by atomic mass is 35.5. The van der Waals surface area contributed by atoms with E-state index >= 15 is 0 Å². The van der Waals surface area contributed by atoms with Crippen LogP contribution in [0.25, 0.3) is 0 Å². The molecule has 1 amide bonds. The van der Waals surface area contributed by atoms with Gasteiger partial charge < -0.3 is 14.7 Å². The molecule has 5 nitrogen and oxygen atoms in total. The van der Waals surface area contributed by atoms with Crippen LogP contribution in [-0.2, 0) is 9.53 Å². The summed E-state index contributed by atoms with van der Waals surface area (Å²) in [6.45, 7) is 7.12. The summed E-state index contributed by atoms with van der Waals surface area (Å²) in [5.74, 6) is -1.77. The quantitative estimate of drug-likeness (QED) is 0.700. The summed E-state index contributed by atoms with van der Waals surface area (Å²) >= 11 is 6.08. The summed E-state index contributed by atoms with van der Waals surface area (Å²) in [4.78, 5) is 25.3. The molecule has 0 aliphatic heterocycles. The Hall–Kier alpha value is -1.59. The number of nitrogens with zero attached hydrogens (tertiary/aromatic N) is 1. The molecule has 1 N–H and O–H groups in total. The maximum Gasteiger partial charge on any atom is 0.308 e. The topological polar surface area (TPSA) is 66.8 Å². The van der Waals surface area contributed by atoms with Gasteiger partial charge in [-0.05, 0) is 38.0 Å². The number of halogens is 1. The third kappa shape index (κ3) is 6.20. The number of carbonyl (C=O) groups excluding carboxylic acids is 1. The molecular weight excluding hydrogens is 318 g/mol. The van der Waals surface area contributed by atoms with Crippen LogP contribution in [0.1, 0.15) is 36.2 Å². The average molecular weight is 342 g/mol. The zero-order chi connectivity index (χ0) is 17.4. The lowest BCUT2D eigenvalue weighted by atomic mass is 10.1. The third-order valence-electron chi connectivity index (χ3n) is 3.54. The van der Waals surface area contributed by atoms with Crippen molar-refractivity contribution >= 4 is 23.5 Å². The van der Waals surface area contributed by atoms with Crippen LogP contribution < -0.4 is 0 Å². The lowest BCUT2D eigenvalue weighted by molar-refractivity contribution is -0.141. The maximum atomic E-state index is 12.7. The van der Waals surface area contributed by atoms with Gasteiger partial charge in [-0.1, -0.05) is 24.6 Å². The molecule has 1 rings (SSSR count). The van der Waals surface area contributed by atoms with Crippen molar-refractivity contribution in [2.75, 3.05) is 26.3 Å². The second-order valence-corrected chi connectivity index (χ2v) is 5.91. The van der Waals surface area contributed by atoms with Crippen molar-refractivity contribution < 1.29 is 19.4 Å². The second-order valence-electron chi connectivity index (χ2n) is 5.50. The number of ether oxygens (including phenoxy) is 1. The number of rotatable bonds is 9. The zero-order valence-electron chi connectivity index (χ0n) is 13.8. The predicted molar refractivity (Wildman–Crippen MR) is 90.0 cm³/mol. The highest BCUT2D eigenvalue weighted by Gasteiger charge is 2.21. The molecule has 0 aromatic heterocycles. The van der Waals surface area contributed by atoms with E-state index in [1.165, 1.54) is 0 Å². The molecule has 6 heteroatoms. The molecule has 0 radical (unpaired) electrons. The number of hydrogen-bond acceptors (Lipinski definition) is 3. The second kappa shape index (κ2) is 9.53. The van der Waals surface area contributed by atoms with Crippen LogP contribution in [0, 0.1) is 12.8 Å². The zero-order valence-corrected chi connectivity index (χ0v) is 14.6. The Morgan fingerprint density at radius 2 is 2.09 bits per heavy atom. The number of hydrogen-bond donors (Lipinski definition) is 1. The summed E-state index contributed by atoms with van der Waals surface area (Å²) in [5, 5.41) is 9.61. The molecule has 1 aromatic carbocycles. The van der Waals surface area contributed by atoms with Crippen LogP contribution in [0.5, 0.6) is 0 Å². The highest BCUT2D eigenvalue weighted by Crippen LogP contribution is 2.18. The van der Waals surface area contributed by atoms with Crippen LogP contribution in [0.3, 0.4) is 0 Å². The third-order valence-corrected chi connectivity index (χ3v) is 3.95. The molecule has 0 aliphatic carbocycles. The van der Waals surface area contributed by atoms with Crippen LogP contribution in [0.2, 0.25) is 5.02 Å². The summed E-state index contributed by atoms with van der Waals surface area (Å²) in [6.07, 6.45) is 0.658. The summed E-state index contributed by atoms with van der Waals surface area (Å²) in [5.41, 5.74) is 1.36. The van der Waals surface area contributed by atoms with Gasteiger partial charge in [-0.25, -0.2) is 0 Å². The standard InChI is InChI=1S/C17H24ClNO4/c1-4-23-9-5-8-19(11-13(3)17(21)22)16(20)14-7-6-12(2)15(18)10-14/h6-7,10,13H,4-5,8-9,11H2,1-3H3,(H,21,22). The van der Waals surface area contributed by atoms with Crippen molar-refractivity contribution in [3.05, 3.63) is 34.3 Å². The van der Waals surface area contributed by atoms with Crippen molar-refractivity contribution in [2.45, 2.75) is 27.2 Å². The molecule has 0 saturated carbocycles. The van der Waals surface area contributed by atoms with E-state index in [0.717, 1.165) is 5.56 Å². The van der Waals surface area contributed by atoms with Crippen molar-refractivity contribution in [3.63, 3.8) is 0 Å². The molecule has 1 aromatic rings. The minimum atomic E-state index is -0.922. The molecule has 1 atom stereocenters. The van der Waals surface area contributed by atoms with Crippen molar-refractivity contribution in [1.29, 1.82) is 0 Å². The maximum absolute atomic E-state index is 12.7. The minimum Gasteiger partial charge on any atom is -0.481 e. The van der Waals surface area contributed by atoms with Crippen LogP contribution >= 0.6 is 11.6 Å². The molecule has 0 aliphatic rings. The molecular formula is C17H24ClNO4. The first kappa shape index (κ1) is 19.5. The van der Waals surface area contributed by atoms with Crippen LogP contribution in [-0.4, -0.2) is 48.2 Å². The van der Waals surface area contributed by atoms with Gasteiger partial charge in [-0.15, -0.1) is 0 Å². The number of carboxylic acid groups (broad SMARTS) is 1. The van der Waals surface area contributed by atoms with E-state index < -0.39 is 11.9 Å². The molecule has 0 saturated heterocycles. The summed E-state index contributed by atoms with van der Waals surface area (Å²) < 4.78 is 5.28. The summed E-state index contributed by atoms with van der Waals surface area (Å²) in [6, 6.07) is 5.12. The van der Waals surface area contributed by atoms with E-state index in [0.29, 0.717) is 36.8 Å². The Balaban J connectivity index is 2.85. The monoisotopic (exact) mass is 341 g/mol. The van der Waals surface area contributed by atoms with Crippen LogP contribution in [0.15, 0.2) is 18.2 Å². The van der Waals surface area contributed by atoms with Gasteiger partial charge in [0, 0.05) is 36.9 Å². The smallest absolute Gasteiger partial charge is 0.308 e. The van der Waals surface area contributed by atoms with E-state index in [1.807, 2.05) is 13.8 Å². The largest absolute Gasteiger partial charge is 0.481 e. The number of amides is 1. The molecule has 23 heavy (non-hydrogen) atoms. The number of carboxylic acids is 1. The van der Waals surface area contributed by atoms with E-state index in [-0.39, 0.29) is 12.5 Å². The Morgan fingerprint density at radius 3 is 2.65 bits per heavy atom. The average Bonchev–Trinajstić information content (AvgIpc) is 2.52. The van der Waals surface area contributed by atoms with Gasteiger partial charge in [-0.3, -0.25) is 9.59 Å². The first-order chi connectivity index (χ1) is 10.9. The number of aliphatic carboxylic acids is 1. The number of benzene rings is 1. The Bertz CT molecular complexity index is 547. The molecule has 128 valence electrons. The normalized spacial score (nSPS) is 12.0. The predicted octanol–water partition coefficient (Wildman–Crippen LogP) is 3.24. The fourth-order valence-electron chi connectivity index (χ4n) is 2.09. The van der Waals surface area contributed by atoms with Gasteiger partial charge in [0.05, 0.1) is 5.92 Å². The van der Waals surface area contributed by atoms with Crippen molar-refractivity contribution in [2.24, 2.45) is 5.92 Å². The van der Waals surface area contributed by atoms with E-state index in [4.69, 9.17) is 21.4 Å². The van der Waals surface area contributed by atoms with E-state index in [9.17, 15) is 9.59 Å². The number of aryl methyl sites for hydroxylation is 1. The first-order valence-electron chi connectivity index (χ1n) is 7.72. The lowest BCUT2D eigenvalue weighted by Gasteiger charge is -2.25. The fourth-order valence-corrected chi connectivity index (χ4v) is 2.28. The van der Waals surface area contributed by atoms with Gasteiger partial charge in [0.25, 0.3) is 5.91 Å². The highest BCUT2D eigenvalue weighted by molar-refractivity contribution is 6.31. The fraction of sp³-hybridized carbons (Fsp3) is 0.529. The van der Waals surface area contributed by atoms with E-state index in [2.05, 4.69) is 0 Å². The molecule has 0 spiro atoms. The van der Waals surface area contributed by atoms with Gasteiger partial charge in [-0.2, -0.15) is 0 Å². The van der Waals surface area contributed by atoms with Gasteiger partial charge in [0.2, 0.25) is 0 Å². The summed E-state index contributed by atoms with van der Waals surface area (Å²) in [7, 11) is 0. The Morgan fingerprint density at radius 1 is 1.39 bits per heavy atom. The Kier molecular flexibility index (Phi) is 8.06. The van der Waals surface area contributed by atoms with Crippen molar-refractivity contribution in [3.8, 4) is 0 Å². The van der Waals surface area contributed by atoms with Gasteiger partial charge >= 0.3 is 5.97 Å². The van der Waals surface area contributed by atoms with Crippen molar-refractivity contribution in [1.82, 2.24) is 4.90 Å². The first-order valence-corrected chi connectivity index (χ1v) is 8.10. The van der Waals surface area contributed by atoms with Gasteiger partial charge in [0.15, 0.2) is 0 Å².